The minimum Gasteiger partial charge on any atom is -0.380 e. The Kier molecular flexibility index (Phi) is 4.94. The predicted octanol–water partition coefficient (Wildman–Crippen LogP) is 2.36. The number of hydrogen-bond donors (Lipinski definition) is 2. The van der Waals surface area contributed by atoms with Crippen molar-refractivity contribution in [1.82, 2.24) is 4.98 Å². The lowest BCUT2D eigenvalue weighted by atomic mass is 10.1. The first kappa shape index (κ1) is 17.9. The molecule has 0 fully saturated rings. The lowest BCUT2D eigenvalue weighted by Crippen LogP contribution is -2.28. The number of anilines is 1. The predicted molar refractivity (Wildman–Crippen MR) is 93.5 cm³/mol. The Morgan fingerprint density at radius 1 is 1.21 bits per heavy atom. The number of nitrogens with two attached hydrogens (primary N) is 1. The molecule has 0 spiro atoms. The van der Waals surface area contributed by atoms with Crippen molar-refractivity contribution in [3.05, 3.63) is 53.7 Å². The molecule has 6 nitrogen and oxygen atoms in total. The van der Waals surface area contributed by atoms with Crippen LogP contribution in [0.2, 0.25) is 0 Å². The average Bonchev–Trinajstić information content (AvgIpc) is 2.52. The van der Waals surface area contributed by atoms with Crippen LogP contribution in [-0.2, 0) is 16.4 Å². The molecule has 0 atom stereocenters. The van der Waals surface area contributed by atoms with E-state index < -0.39 is 20.5 Å². The number of carbonyl (C=O) groups is 1. The van der Waals surface area contributed by atoms with Crippen LogP contribution in [0.4, 0.5) is 5.69 Å². The number of nitrogens with zero attached hydrogens (tertiary/aromatic N) is 1. The molecular formula is C17H21N3O3S. The van der Waals surface area contributed by atoms with Gasteiger partial charge in [0.25, 0.3) is 0 Å². The summed E-state index contributed by atoms with van der Waals surface area (Å²) in [6, 6.07) is 10.1. The first-order valence-electron chi connectivity index (χ1n) is 7.44. The van der Waals surface area contributed by atoms with Crippen LogP contribution in [0.3, 0.4) is 0 Å². The molecule has 2 rings (SSSR count). The second-order valence-corrected chi connectivity index (χ2v) is 9.07. The standard InChI is InChI=1S/C17H21N3O3S/c1-17(2,3)24(22,23)15-8-7-14(11-20-15)19-10-12-5-4-6-13(9-12)16(18)21/h4-9,11,19H,10H2,1-3H3,(H2,18,21). The van der Waals surface area contributed by atoms with Crippen LogP contribution in [0.15, 0.2) is 47.6 Å². The quantitative estimate of drug-likeness (QED) is 0.864. The van der Waals surface area contributed by atoms with Crippen molar-refractivity contribution in [2.45, 2.75) is 37.1 Å². The summed E-state index contributed by atoms with van der Waals surface area (Å²) in [7, 11) is -3.47. The molecule has 0 aliphatic carbocycles. The van der Waals surface area contributed by atoms with Gasteiger partial charge in [-0.1, -0.05) is 12.1 Å². The van der Waals surface area contributed by atoms with Gasteiger partial charge in [-0.15, -0.1) is 0 Å². The zero-order valence-corrected chi connectivity index (χ0v) is 14.7. The third kappa shape index (κ3) is 3.91. The van der Waals surface area contributed by atoms with E-state index in [2.05, 4.69) is 10.3 Å². The number of nitrogens with one attached hydrogen (secondary N) is 1. The first-order chi connectivity index (χ1) is 11.1. The number of benzene rings is 1. The van der Waals surface area contributed by atoms with Crippen LogP contribution in [0, 0.1) is 0 Å². The van der Waals surface area contributed by atoms with Crippen LogP contribution >= 0.6 is 0 Å². The lowest BCUT2D eigenvalue weighted by molar-refractivity contribution is 0.1000. The van der Waals surface area contributed by atoms with Gasteiger partial charge in [-0.2, -0.15) is 0 Å². The molecule has 24 heavy (non-hydrogen) atoms. The van der Waals surface area contributed by atoms with E-state index in [0.29, 0.717) is 17.8 Å². The zero-order valence-electron chi connectivity index (χ0n) is 13.9. The van der Waals surface area contributed by atoms with Gasteiger partial charge in [-0.05, 0) is 50.6 Å². The molecule has 0 saturated carbocycles. The summed E-state index contributed by atoms with van der Waals surface area (Å²) >= 11 is 0. The van der Waals surface area contributed by atoms with Crippen molar-refractivity contribution in [2.75, 3.05) is 5.32 Å². The van der Waals surface area contributed by atoms with Gasteiger partial charge < -0.3 is 11.1 Å². The molecule has 7 heteroatoms. The summed E-state index contributed by atoms with van der Waals surface area (Å²) in [5.41, 5.74) is 7.27. The molecule has 0 aliphatic heterocycles. The molecule has 0 saturated heterocycles. The van der Waals surface area contributed by atoms with Crippen molar-refractivity contribution >= 4 is 21.4 Å². The lowest BCUT2D eigenvalue weighted by Gasteiger charge is -2.18. The number of amides is 1. The van der Waals surface area contributed by atoms with E-state index in [4.69, 9.17) is 5.73 Å². The van der Waals surface area contributed by atoms with Gasteiger partial charge in [-0.3, -0.25) is 4.79 Å². The van der Waals surface area contributed by atoms with Gasteiger partial charge in [0.15, 0.2) is 14.9 Å². The summed E-state index contributed by atoms with van der Waals surface area (Å²) in [6.07, 6.45) is 1.48. The molecule has 1 heterocycles. The number of sulfone groups is 1. The highest BCUT2D eigenvalue weighted by Crippen LogP contribution is 2.23. The fraction of sp³-hybridized carbons (Fsp3) is 0.294. The number of aromatic nitrogens is 1. The van der Waals surface area contributed by atoms with Crippen molar-refractivity contribution < 1.29 is 13.2 Å². The summed E-state index contributed by atoms with van der Waals surface area (Å²) in [5.74, 6) is -0.477. The molecule has 128 valence electrons. The minimum absolute atomic E-state index is 0.0521. The monoisotopic (exact) mass is 347 g/mol. The third-order valence-corrected chi connectivity index (χ3v) is 5.93. The maximum atomic E-state index is 12.3. The third-order valence-electron chi connectivity index (χ3n) is 3.53. The Bertz CT molecular complexity index is 838. The van der Waals surface area contributed by atoms with Crippen molar-refractivity contribution in [2.24, 2.45) is 5.73 Å². The Labute approximate surface area is 142 Å². The molecule has 0 bridgehead atoms. The van der Waals surface area contributed by atoms with Gasteiger partial charge in [0.1, 0.15) is 0 Å². The van der Waals surface area contributed by atoms with Gasteiger partial charge in [0.2, 0.25) is 5.91 Å². The Hall–Kier alpha value is -2.41. The smallest absolute Gasteiger partial charge is 0.248 e. The molecule has 3 N–H and O–H groups in total. The van der Waals surface area contributed by atoms with E-state index in [1.54, 1.807) is 45.0 Å². The van der Waals surface area contributed by atoms with Crippen LogP contribution in [0.5, 0.6) is 0 Å². The Balaban J connectivity index is 2.10. The number of hydrogen-bond acceptors (Lipinski definition) is 5. The highest BCUT2D eigenvalue weighted by atomic mass is 32.2. The summed E-state index contributed by atoms with van der Waals surface area (Å²) in [5, 5.41) is 3.19. The highest BCUT2D eigenvalue weighted by Gasteiger charge is 2.31. The molecule has 1 amide bonds. The molecular weight excluding hydrogens is 326 g/mol. The largest absolute Gasteiger partial charge is 0.380 e. The number of carbonyl (C=O) groups excluding carboxylic acids is 1. The Morgan fingerprint density at radius 2 is 1.92 bits per heavy atom. The molecule has 0 unspecified atom stereocenters. The summed E-state index contributed by atoms with van der Waals surface area (Å²) < 4.78 is 23.7. The van der Waals surface area contributed by atoms with E-state index in [1.807, 2.05) is 6.07 Å². The van der Waals surface area contributed by atoms with E-state index in [9.17, 15) is 13.2 Å². The highest BCUT2D eigenvalue weighted by molar-refractivity contribution is 7.92. The van der Waals surface area contributed by atoms with Crippen LogP contribution in [-0.4, -0.2) is 24.1 Å². The summed E-state index contributed by atoms with van der Waals surface area (Å²) in [4.78, 5) is 15.2. The van der Waals surface area contributed by atoms with E-state index in [-0.39, 0.29) is 5.03 Å². The van der Waals surface area contributed by atoms with Crippen molar-refractivity contribution in [1.29, 1.82) is 0 Å². The minimum atomic E-state index is -3.47. The second kappa shape index (κ2) is 6.60. The number of pyridine rings is 1. The van der Waals surface area contributed by atoms with Gasteiger partial charge in [0, 0.05) is 12.1 Å². The normalized spacial score (nSPS) is 12.0. The zero-order chi connectivity index (χ0) is 18.0. The van der Waals surface area contributed by atoms with Gasteiger partial charge in [-0.25, -0.2) is 13.4 Å². The number of primary amides is 1. The molecule has 1 aromatic carbocycles. The maximum absolute atomic E-state index is 12.3. The van der Waals surface area contributed by atoms with Crippen molar-refractivity contribution in [3.63, 3.8) is 0 Å². The molecule has 0 radical (unpaired) electrons. The number of rotatable bonds is 5. The molecule has 2 aromatic rings. The average molecular weight is 347 g/mol. The van der Waals surface area contributed by atoms with Gasteiger partial charge in [0.05, 0.1) is 16.6 Å². The summed E-state index contributed by atoms with van der Waals surface area (Å²) in [6.45, 7) is 5.39. The molecule has 1 aromatic heterocycles. The Morgan fingerprint density at radius 3 is 2.46 bits per heavy atom. The SMILES string of the molecule is CC(C)(C)S(=O)(=O)c1ccc(NCc2cccc(C(N)=O)c2)cn1. The topological polar surface area (TPSA) is 102 Å². The van der Waals surface area contributed by atoms with E-state index in [1.165, 1.54) is 12.3 Å². The molecule has 0 aliphatic rings. The first-order valence-corrected chi connectivity index (χ1v) is 8.93. The second-order valence-electron chi connectivity index (χ2n) is 6.42. The maximum Gasteiger partial charge on any atom is 0.248 e. The van der Waals surface area contributed by atoms with E-state index in [0.717, 1.165) is 5.56 Å². The van der Waals surface area contributed by atoms with Crippen LogP contribution in [0.1, 0.15) is 36.7 Å². The fourth-order valence-electron chi connectivity index (χ4n) is 2.00. The van der Waals surface area contributed by atoms with Gasteiger partial charge >= 0.3 is 0 Å². The van der Waals surface area contributed by atoms with Crippen molar-refractivity contribution in [3.8, 4) is 0 Å². The van der Waals surface area contributed by atoms with Crippen LogP contribution in [0.25, 0.3) is 0 Å². The van der Waals surface area contributed by atoms with Crippen LogP contribution < -0.4 is 11.1 Å². The van der Waals surface area contributed by atoms with E-state index >= 15 is 0 Å². The fourth-order valence-corrected chi connectivity index (χ4v) is 3.06.